The zero-order valence-corrected chi connectivity index (χ0v) is 20.0. The van der Waals surface area contributed by atoms with Crippen molar-refractivity contribution >= 4 is 10.8 Å². The van der Waals surface area contributed by atoms with Crippen molar-refractivity contribution in [3.63, 3.8) is 0 Å². The van der Waals surface area contributed by atoms with Gasteiger partial charge in [0.1, 0.15) is 6.10 Å². The minimum atomic E-state index is -0.388. The van der Waals surface area contributed by atoms with Gasteiger partial charge in [-0.2, -0.15) is 0 Å². The highest BCUT2D eigenvalue weighted by Crippen LogP contribution is 2.23. The first-order chi connectivity index (χ1) is 17.9. The molecule has 0 saturated carbocycles. The van der Waals surface area contributed by atoms with Gasteiger partial charge in [0.2, 0.25) is 0 Å². The zero-order valence-electron chi connectivity index (χ0n) is 20.0. The summed E-state index contributed by atoms with van der Waals surface area (Å²) >= 11 is 0. The Balaban J connectivity index is 1.43. The number of hydrogen-bond donors (Lipinski definition) is 0. The normalized spacial score (nSPS) is 11.1. The van der Waals surface area contributed by atoms with E-state index >= 15 is 0 Å². The Kier molecular flexibility index (Phi) is 7.55. The van der Waals surface area contributed by atoms with E-state index in [0.29, 0.717) is 6.61 Å². The molecule has 0 fully saturated rings. The van der Waals surface area contributed by atoms with Gasteiger partial charge in [0.25, 0.3) is 0 Å². The molecule has 0 radical (unpaired) electrons. The maximum absolute atomic E-state index is 6.45. The Morgan fingerprint density at radius 2 is 1.19 bits per heavy atom. The molecule has 0 saturated heterocycles. The van der Waals surface area contributed by atoms with Crippen molar-refractivity contribution in [2.45, 2.75) is 12.5 Å². The summed E-state index contributed by atoms with van der Waals surface area (Å²) in [6.07, 6.45) is 0.421. The van der Waals surface area contributed by atoms with Crippen LogP contribution in [0.25, 0.3) is 10.8 Å². The first kappa shape index (κ1) is 23.2. The van der Waals surface area contributed by atoms with Crippen LogP contribution < -0.4 is 0 Å². The van der Waals surface area contributed by atoms with E-state index < -0.39 is 0 Å². The van der Waals surface area contributed by atoms with Crippen LogP contribution in [-0.2, 0) is 11.2 Å². The summed E-state index contributed by atoms with van der Waals surface area (Å²) < 4.78 is 6.45. The fourth-order valence-corrected chi connectivity index (χ4v) is 4.18. The van der Waals surface area contributed by atoms with Gasteiger partial charge in [-0.25, -0.2) is 0 Å². The second-order valence-corrected chi connectivity index (χ2v) is 8.48. The highest BCUT2D eigenvalue weighted by Gasteiger charge is 2.13. The van der Waals surface area contributed by atoms with Crippen LogP contribution in [-0.4, -0.2) is 6.61 Å². The molecule has 0 N–H and O–H groups in total. The lowest BCUT2D eigenvalue weighted by Gasteiger charge is -2.15. The van der Waals surface area contributed by atoms with Gasteiger partial charge in [0.15, 0.2) is 0 Å². The van der Waals surface area contributed by atoms with Crippen LogP contribution >= 0.6 is 0 Å². The average molecular weight is 463 g/mol. The van der Waals surface area contributed by atoms with E-state index in [1.165, 1.54) is 16.3 Å². The molecule has 0 aromatic heterocycles. The Labute approximate surface area is 213 Å². The van der Waals surface area contributed by atoms with Gasteiger partial charge >= 0.3 is 0 Å². The first-order valence-electron chi connectivity index (χ1n) is 12.2. The second kappa shape index (κ2) is 11.7. The highest BCUT2D eigenvalue weighted by atomic mass is 16.5. The third-order valence-electron chi connectivity index (χ3n) is 6.02. The molecule has 5 rings (SSSR count). The van der Waals surface area contributed by atoms with E-state index in [1.54, 1.807) is 0 Å². The fraction of sp³-hybridized carbons (Fsp3) is 0.0857. The number of ether oxygens (including phenoxy) is 1. The molecule has 1 unspecified atom stereocenters. The van der Waals surface area contributed by atoms with Crippen LogP contribution in [0.5, 0.6) is 0 Å². The smallest absolute Gasteiger partial charge is 0.144 e. The van der Waals surface area contributed by atoms with Crippen LogP contribution in [0.3, 0.4) is 0 Å². The quantitative estimate of drug-likeness (QED) is 0.245. The van der Waals surface area contributed by atoms with E-state index in [0.717, 1.165) is 28.7 Å². The van der Waals surface area contributed by atoms with E-state index in [1.807, 2.05) is 78.9 Å². The van der Waals surface area contributed by atoms with Crippen LogP contribution in [0, 0.1) is 23.7 Å². The van der Waals surface area contributed by atoms with Crippen molar-refractivity contribution in [3.8, 4) is 23.7 Å². The molecule has 0 heterocycles. The largest absolute Gasteiger partial charge is 0.360 e. The molecular weight excluding hydrogens is 436 g/mol. The lowest BCUT2D eigenvalue weighted by molar-refractivity contribution is 0.0943. The number of hydrogen-bond acceptors (Lipinski definition) is 1. The Morgan fingerprint density at radius 3 is 2.00 bits per heavy atom. The van der Waals surface area contributed by atoms with Crippen molar-refractivity contribution in [1.82, 2.24) is 0 Å². The topological polar surface area (TPSA) is 9.23 Å². The first-order valence-corrected chi connectivity index (χ1v) is 12.2. The van der Waals surface area contributed by atoms with Crippen LogP contribution in [0.1, 0.15) is 33.9 Å². The zero-order chi connectivity index (χ0) is 24.4. The summed E-state index contributed by atoms with van der Waals surface area (Å²) in [6, 6.07) is 43.1. The molecule has 5 aromatic carbocycles. The summed E-state index contributed by atoms with van der Waals surface area (Å²) in [5.74, 6) is 13.3. The fourth-order valence-electron chi connectivity index (χ4n) is 4.18. The van der Waals surface area contributed by atoms with Crippen LogP contribution in [0.2, 0.25) is 0 Å². The van der Waals surface area contributed by atoms with Crippen molar-refractivity contribution in [3.05, 3.63) is 155 Å². The van der Waals surface area contributed by atoms with Gasteiger partial charge in [0.05, 0.1) is 6.61 Å². The van der Waals surface area contributed by atoms with E-state index in [9.17, 15) is 0 Å². The number of fused-ring (bicyclic) bond motifs is 1. The number of benzene rings is 5. The lowest BCUT2D eigenvalue weighted by Crippen LogP contribution is -2.08. The van der Waals surface area contributed by atoms with Crippen molar-refractivity contribution in [2.24, 2.45) is 0 Å². The Morgan fingerprint density at radius 1 is 0.556 bits per heavy atom. The molecule has 1 nitrogen and oxygen atoms in total. The summed E-state index contributed by atoms with van der Waals surface area (Å²) in [6.45, 7) is 0.558. The van der Waals surface area contributed by atoms with Crippen LogP contribution in [0.4, 0.5) is 0 Å². The van der Waals surface area contributed by atoms with E-state index in [-0.39, 0.29) is 6.10 Å². The molecule has 5 aromatic rings. The van der Waals surface area contributed by atoms with Gasteiger partial charge in [-0.15, -0.1) is 0 Å². The third kappa shape index (κ3) is 5.92. The maximum Gasteiger partial charge on any atom is 0.144 e. The highest BCUT2D eigenvalue weighted by molar-refractivity contribution is 5.85. The minimum absolute atomic E-state index is 0.388. The second-order valence-electron chi connectivity index (χ2n) is 8.48. The Bertz CT molecular complexity index is 1560. The third-order valence-corrected chi connectivity index (χ3v) is 6.02. The van der Waals surface area contributed by atoms with Crippen molar-refractivity contribution < 1.29 is 4.74 Å². The average Bonchev–Trinajstić information content (AvgIpc) is 2.95. The number of rotatable bonds is 5. The summed E-state index contributed by atoms with van der Waals surface area (Å²) in [5, 5.41) is 2.52. The molecule has 0 aliphatic rings. The molecule has 0 aliphatic carbocycles. The molecule has 0 aliphatic heterocycles. The van der Waals surface area contributed by atoms with Crippen molar-refractivity contribution in [1.29, 1.82) is 0 Å². The molecule has 0 amide bonds. The van der Waals surface area contributed by atoms with Gasteiger partial charge in [-0.05, 0) is 53.1 Å². The van der Waals surface area contributed by atoms with E-state index in [2.05, 4.69) is 72.2 Å². The van der Waals surface area contributed by atoms with Crippen molar-refractivity contribution in [2.75, 3.05) is 6.61 Å². The van der Waals surface area contributed by atoms with Gasteiger partial charge in [-0.3, -0.25) is 0 Å². The molecule has 0 spiro atoms. The summed E-state index contributed by atoms with van der Waals surface area (Å²) in [4.78, 5) is 0. The van der Waals surface area contributed by atoms with E-state index in [4.69, 9.17) is 4.74 Å². The molecule has 172 valence electrons. The predicted octanol–water partition coefficient (Wildman–Crippen LogP) is 7.59. The molecule has 1 atom stereocenters. The Hall–Kier alpha value is -4.56. The summed E-state index contributed by atoms with van der Waals surface area (Å²) in [7, 11) is 0. The molecule has 1 heteroatoms. The SMILES string of the molecule is C(#Cc1ccccc1C(C#Cc1ccccc1)OCCc1cccc2ccccc12)c1ccccc1. The van der Waals surface area contributed by atoms with Gasteiger partial charge < -0.3 is 4.74 Å². The lowest BCUT2D eigenvalue weighted by atomic mass is 10.0. The summed E-state index contributed by atoms with van der Waals surface area (Å²) in [5.41, 5.74) is 5.14. The predicted molar refractivity (Wildman–Crippen MR) is 149 cm³/mol. The van der Waals surface area contributed by atoms with Gasteiger partial charge in [-0.1, -0.05) is 121 Å². The molecule has 0 bridgehead atoms. The standard InChI is InChI=1S/C35H26O/c1-3-12-28(13-4-1)22-24-31-17-8-10-21-34(31)35(25-23-29-14-5-2-6-15-29)36-27-26-32-19-11-18-30-16-7-9-20-33(30)32/h1-21,35H,26-27H2. The minimum Gasteiger partial charge on any atom is -0.360 e. The molecule has 36 heavy (non-hydrogen) atoms. The maximum atomic E-state index is 6.45. The van der Waals surface area contributed by atoms with Gasteiger partial charge in [0, 0.05) is 22.3 Å². The molecular formula is C35H26O. The van der Waals surface area contributed by atoms with Crippen LogP contribution in [0.15, 0.2) is 127 Å². The monoisotopic (exact) mass is 462 g/mol.